The Labute approximate surface area is 230 Å². The van der Waals surface area contributed by atoms with Crippen LogP contribution in [0.15, 0.2) is 48.5 Å². The van der Waals surface area contributed by atoms with E-state index in [0.29, 0.717) is 21.2 Å². The van der Waals surface area contributed by atoms with Crippen molar-refractivity contribution in [1.29, 1.82) is 0 Å². The maximum atomic E-state index is 12.3. The van der Waals surface area contributed by atoms with Gasteiger partial charge in [0.1, 0.15) is 0 Å². The number of likely N-dealkylation sites (tertiary alicyclic amines) is 1. The zero-order valence-electron chi connectivity index (χ0n) is 22.5. The summed E-state index contributed by atoms with van der Waals surface area (Å²) in [7, 11) is -7.93. The molecule has 2 N–H and O–H groups in total. The summed E-state index contributed by atoms with van der Waals surface area (Å²) in [6.07, 6.45) is 5.73. The number of nitrogens with zero attached hydrogens (tertiary/aromatic N) is 2. The van der Waals surface area contributed by atoms with Crippen molar-refractivity contribution in [3.05, 3.63) is 65.2 Å². The predicted octanol–water partition coefficient (Wildman–Crippen LogP) is 1.98. The number of sulfonamides is 2. The SMILES string of the molecule is Cc1cccc(C(=O)NCC(=O)NC2CN(C3CCC(c4ccc(N(S(C)(=O)=O)S(C)(=O)=O)cc4)CC3)C2)c1. The number of hydrogen-bond donors (Lipinski definition) is 2. The minimum Gasteiger partial charge on any atom is -0.349 e. The highest BCUT2D eigenvalue weighted by Gasteiger charge is 2.35. The van der Waals surface area contributed by atoms with Gasteiger partial charge in [-0.25, -0.2) is 16.8 Å². The zero-order chi connectivity index (χ0) is 28.4. The maximum absolute atomic E-state index is 12.3. The Hall–Kier alpha value is -2.96. The molecule has 12 heteroatoms. The lowest BCUT2D eigenvalue weighted by atomic mass is 9.80. The van der Waals surface area contributed by atoms with Crippen molar-refractivity contribution in [2.45, 2.75) is 50.6 Å². The van der Waals surface area contributed by atoms with Crippen LogP contribution < -0.4 is 14.3 Å². The summed E-state index contributed by atoms with van der Waals surface area (Å²) in [5.41, 5.74) is 2.70. The van der Waals surface area contributed by atoms with Gasteiger partial charge in [-0.3, -0.25) is 14.5 Å². The number of rotatable bonds is 9. The Bertz CT molecular complexity index is 1380. The second kappa shape index (κ2) is 11.6. The highest BCUT2D eigenvalue weighted by molar-refractivity contribution is 8.09. The minimum absolute atomic E-state index is 0.0562. The van der Waals surface area contributed by atoms with Crippen LogP contribution in [-0.4, -0.2) is 77.8 Å². The molecule has 39 heavy (non-hydrogen) atoms. The lowest BCUT2D eigenvalue weighted by Crippen LogP contribution is -2.63. The molecule has 1 heterocycles. The number of amides is 2. The summed E-state index contributed by atoms with van der Waals surface area (Å²) in [6, 6.07) is 14.5. The van der Waals surface area contributed by atoms with Crippen LogP contribution in [0.3, 0.4) is 0 Å². The summed E-state index contributed by atoms with van der Waals surface area (Å²) >= 11 is 0. The summed E-state index contributed by atoms with van der Waals surface area (Å²) in [5.74, 6) is -0.134. The smallest absolute Gasteiger partial charge is 0.251 e. The van der Waals surface area contributed by atoms with Crippen LogP contribution in [0.2, 0.25) is 0 Å². The summed E-state index contributed by atoms with van der Waals surface area (Å²) < 4.78 is 48.5. The van der Waals surface area contributed by atoms with Gasteiger partial charge >= 0.3 is 0 Å². The monoisotopic (exact) mass is 576 g/mol. The van der Waals surface area contributed by atoms with Gasteiger partial charge in [-0.2, -0.15) is 3.71 Å². The average Bonchev–Trinajstić information content (AvgIpc) is 2.83. The minimum atomic E-state index is -3.96. The van der Waals surface area contributed by atoms with Crippen molar-refractivity contribution in [2.75, 3.05) is 35.9 Å². The first-order chi connectivity index (χ1) is 18.3. The molecule has 1 aliphatic carbocycles. The Morgan fingerprint density at radius 2 is 1.54 bits per heavy atom. The van der Waals surface area contributed by atoms with E-state index < -0.39 is 20.0 Å². The Morgan fingerprint density at radius 3 is 2.10 bits per heavy atom. The molecule has 4 rings (SSSR count). The van der Waals surface area contributed by atoms with Crippen molar-refractivity contribution in [2.24, 2.45) is 0 Å². The van der Waals surface area contributed by atoms with Crippen LogP contribution in [0.5, 0.6) is 0 Å². The van der Waals surface area contributed by atoms with Gasteiger partial charge in [-0.05, 0) is 68.4 Å². The number of benzene rings is 2. The maximum Gasteiger partial charge on any atom is 0.251 e. The van der Waals surface area contributed by atoms with E-state index in [4.69, 9.17) is 0 Å². The van der Waals surface area contributed by atoms with E-state index in [1.54, 1.807) is 24.3 Å². The predicted molar refractivity (Wildman–Crippen MR) is 151 cm³/mol. The third-order valence-corrected chi connectivity index (χ3v) is 10.6. The first-order valence-corrected chi connectivity index (χ1v) is 16.7. The van der Waals surface area contributed by atoms with Crippen LogP contribution in [0.1, 0.15) is 53.1 Å². The lowest BCUT2D eigenvalue weighted by Gasteiger charge is -2.46. The van der Waals surface area contributed by atoms with Crippen molar-refractivity contribution in [1.82, 2.24) is 15.5 Å². The van der Waals surface area contributed by atoms with Gasteiger partial charge in [0, 0.05) is 24.7 Å². The van der Waals surface area contributed by atoms with Crippen LogP contribution in [0.25, 0.3) is 0 Å². The molecule has 212 valence electrons. The van der Waals surface area contributed by atoms with Crippen LogP contribution >= 0.6 is 0 Å². The van der Waals surface area contributed by atoms with Crippen molar-refractivity contribution >= 4 is 37.5 Å². The molecule has 2 aromatic carbocycles. The molecule has 10 nitrogen and oxygen atoms in total. The molecule has 0 unspecified atom stereocenters. The second-order valence-electron chi connectivity index (χ2n) is 10.6. The van der Waals surface area contributed by atoms with E-state index in [9.17, 15) is 26.4 Å². The fourth-order valence-electron chi connectivity index (χ4n) is 5.50. The third kappa shape index (κ3) is 7.37. The van der Waals surface area contributed by atoms with E-state index >= 15 is 0 Å². The fraction of sp³-hybridized carbons (Fsp3) is 0.481. The first-order valence-electron chi connectivity index (χ1n) is 13.0. The van der Waals surface area contributed by atoms with Gasteiger partial charge in [0.2, 0.25) is 26.0 Å². The lowest BCUT2D eigenvalue weighted by molar-refractivity contribution is -0.122. The molecule has 2 aromatic rings. The van der Waals surface area contributed by atoms with E-state index in [-0.39, 0.29) is 30.1 Å². The van der Waals surface area contributed by atoms with Crippen molar-refractivity contribution in [3.63, 3.8) is 0 Å². The van der Waals surface area contributed by atoms with Crippen LogP contribution in [-0.2, 0) is 24.8 Å². The van der Waals surface area contributed by atoms with Gasteiger partial charge < -0.3 is 10.6 Å². The van der Waals surface area contributed by atoms with Gasteiger partial charge in [0.15, 0.2) is 0 Å². The normalized spacial score (nSPS) is 20.6. The number of carbonyl (C=O) groups is 2. The van der Waals surface area contributed by atoms with Crippen molar-refractivity contribution in [3.8, 4) is 0 Å². The molecular weight excluding hydrogens is 540 g/mol. The van der Waals surface area contributed by atoms with Gasteiger partial charge in [0.25, 0.3) is 5.91 Å². The Morgan fingerprint density at radius 1 is 0.923 bits per heavy atom. The highest BCUT2D eigenvalue weighted by atomic mass is 32.3. The van der Waals surface area contributed by atoms with E-state index in [2.05, 4.69) is 15.5 Å². The molecule has 1 aliphatic heterocycles. The highest BCUT2D eigenvalue weighted by Crippen LogP contribution is 2.37. The molecule has 0 radical (unpaired) electrons. The Kier molecular flexibility index (Phi) is 8.67. The van der Waals surface area contributed by atoms with Gasteiger partial charge in [-0.1, -0.05) is 29.8 Å². The number of hydrogen-bond acceptors (Lipinski definition) is 7. The molecule has 2 fully saturated rings. The largest absolute Gasteiger partial charge is 0.349 e. The second-order valence-corrected chi connectivity index (χ2v) is 14.5. The van der Waals surface area contributed by atoms with Crippen LogP contribution in [0.4, 0.5) is 5.69 Å². The van der Waals surface area contributed by atoms with E-state index in [1.807, 2.05) is 31.2 Å². The fourth-order valence-corrected chi connectivity index (χ4v) is 8.48. The molecule has 0 atom stereocenters. The van der Waals surface area contributed by atoms with Gasteiger partial charge in [0.05, 0.1) is 30.8 Å². The number of nitrogens with one attached hydrogen (secondary N) is 2. The molecular formula is C27H36N4O6S2. The Balaban J connectivity index is 1.20. The topological polar surface area (TPSA) is 133 Å². The molecule has 1 saturated heterocycles. The van der Waals surface area contributed by atoms with E-state index in [0.717, 1.165) is 62.4 Å². The number of anilines is 1. The zero-order valence-corrected chi connectivity index (χ0v) is 24.1. The average molecular weight is 577 g/mol. The van der Waals surface area contributed by atoms with Crippen molar-refractivity contribution < 1.29 is 26.4 Å². The van der Waals surface area contributed by atoms with Gasteiger partial charge in [-0.15, -0.1) is 0 Å². The van der Waals surface area contributed by atoms with E-state index in [1.165, 1.54) is 0 Å². The molecule has 2 aliphatic rings. The summed E-state index contributed by atoms with van der Waals surface area (Å²) in [4.78, 5) is 26.9. The van der Waals surface area contributed by atoms with Crippen LogP contribution in [0, 0.1) is 6.92 Å². The molecule has 0 bridgehead atoms. The third-order valence-electron chi connectivity index (χ3n) is 7.36. The standard InChI is InChI=1S/C27H36N4O6S2/c1-19-5-4-6-22(15-19)27(33)28-16-26(32)29-23-17-30(18-23)24-11-7-20(8-12-24)21-9-13-25(14-10-21)31(38(2,34)35)39(3,36)37/h4-6,9-10,13-15,20,23-24H,7-8,11-12,16-18H2,1-3H3,(H,28,33)(H,29,32). The quantitative estimate of drug-likeness (QED) is 0.466. The molecule has 1 saturated carbocycles. The molecule has 0 spiro atoms. The number of aryl methyl sites for hydroxylation is 1. The molecule has 2 amide bonds. The summed E-state index contributed by atoms with van der Waals surface area (Å²) in [6.45, 7) is 3.43. The molecule has 0 aromatic heterocycles. The number of carbonyl (C=O) groups excluding carboxylic acids is 2. The summed E-state index contributed by atoms with van der Waals surface area (Å²) in [5, 5.41) is 5.66. The first kappa shape index (κ1) is 29.0.